The average Bonchev–Trinajstić information content (AvgIpc) is 2.67. The summed E-state index contributed by atoms with van der Waals surface area (Å²) in [5, 5.41) is 4.80. The fourth-order valence-electron chi connectivity index (χ4n) is 3.44. The second kappa shape index (κ2) is 8.95. The van der Waals surface area contributed by atoms with Crippen molar-refractivity contribution < 1.29 is 4.39 Å². The molecular formula is C21H27FN2. The Bertz CT molecular complexity index is 587. The van der Waals surface area contributed by atoms with E-state index in [4.69, 9.17) is 0 Å². The molecule has 0 radical (unpaired) electrons. The van der Waals surface area contributed by atoms with Crippen LogP contribution < -0.4 is 0 Å². The maximum Gasteiger partial charge on any atom is 0.0935 e. The number of nitrogens with zero attached hydrogens (tertiary/aromatic N) is 2. The van der Waals surface area contributed by atoms with Gasteiger partial charge in [-0.15, -0.1) is 0 Å². The number of hydrogen-bond donors (Lipinski definition) is 0. The summed E-state index contributed by atoms with van der Waals surface area (Å²) in [6, 6.07) is 21.2. The van der Waals surface area contributed by atoms with E-state index in [1.165, 1.54) is 11.1 Å². The van der Waals surface area contributed by atoms with Crippen LogP contribution in [0.5, 0.6) is 0 Å². The van der Waals surface area contributed by atoms with Gasteiger partial charge in [-0.2, -0.15) is 0 Å². The van der Waals surface area contributed by atoms with Crippen molar-refractivity contribution in [3.05, 3.63) is 71.8 Å². The van der Waals surface area contributed by atoms with Gasteiger partial charge in [-0.05, 0) is 30.4 Å². The van der Waals surface area contributed by atoms with Gasteiger partial charge in [0.25, 0.3) is 0 Å². The quantitative estimate of drug-likeness (QED) is 0.747. The molecule has 0 bridgehead atoms. The van der Waals surface area contributed by atoms with Gasteiger partial charge in [0.1, 0.15) is 0 Å². The molecule has 0 amide bonds. The fraction of sp³-hybridized carbons (Fsp3) is 0.429. The molecule has 1 unspecified atom stereocenters. The van der Waals surface area contributed by atoms with Crippen LogP contribution in [0, 0.1) is 5.92 Å². The Morgan fingerprint density at radius 2 is 1.62 bits per heavy atom. The van der Waals surface area contributed by atoms with Crippen LogP contribution in [0.1, 0.15) is 24.0 Å². The Kier molecular flexibility index (Phi) is 6.39. The van der Waals surface area contributed by atoms with E-state index in [1.807, 2.05) is 0 Å². The van der Waals surface area contributed by atoms with Crippen LogP contribution in [-0.2, 0) is 13.0 Å². The molecule has 1 aliphatic rings. The van der Waals surface area contributed by atoms with Gasteiger partial charge < -0.3 is 0 Å². The maximum atomic E-state index is 13.1. The van der Waals surface area contributed by atoms with Crippen molar-refractivity contribution in [3.8, 4) is 0 Å². The highest BCUT2D eigenvalue weighted by molar-refractivity contribution is 5.16. The monoisotopic (exact) mass is 326 g/mol. The van der Waals surface area contributed by atoms with Gasteiger partial charge in [-0.25, -0.2) is 10.0 Å². The van der Waals surface area contributed by atoms with Gasteiger partial charge in [0.2, 0.25) is 0 Å². The lowest BCUT2D eigenvalue weighted by Gasteiger charge is -2.40. The van der Waals surface area contributed by atoms with E-state index in [2.05, 4.69) is 70.7 Å². The summed E-state index contributed by atoms with van der Waals surface area (Å²) in [4.78, 5) is 0. The highest BCUT2D eigenvalue weighted by atomic mass is 19.1. The zero-order valence-electron chi connectivity index (χ0n) is 14.3. The van der Waals surface area contributed by atoms with Crippen LogP contribution in [0.4, 0.5) is 4.39 Å². The molecule has 1 saturated heterocycles. The van der Waals surface area contributed by atoms with Gasteiger partial charge in [0, 0.05) is 32.1 Å². The minimum atomic E-state index is -0.200. The lowest BCUT2D eigenvalue weighted by Crippen LogP contribution is -2.48. The first-order valence-electron chi connectivity index (χ1n) is 8.99. The summed E-state index contributed by atoms with van der Waals surface area (Å²) in [7, 11) is 0. The van der Waals surface area contributed by atoms with Crippen molar-refractivity contribution >= 4 is 0 Å². The zero-order valence-corrected chi connectivity index (χ0v) is 14.3. The van der Waals surface area contributed by atoms with E-state index in [0.717, 1.165) is 45.4 Å². The molecule has 1 fully saturated rings. The van der Waals surface area contributed by atoms with Crippen LogP contribution in [0.15, 0.2) is 60.7 Å². The van der Waals surface area contributed by atoms with E-state index in [9.17, 15) is 4.39 Å². The lowest BCUT2D eigenvalue weighted by molar-refractivity contribution is -0.0640. The number of benzene rings is 2. The Hall–Kier alpha value is -1.71. The molecule has 0 aliphatic carbocycles. The summed E-state index contributed by atoms with van der Waals surface area (Å²) in [5.74, 6) is 0.189. The summed E-state index contributed by atoms with van der Waals surface area (Å²) >= 11 is 0. The van der Waals surface area contributed by atoms with Gasteiger partial charge in [-0.3, -0.25) is 4.39 Å². The van der Waals surface area contributed by atoms with E-state index in [1.54, 1.807) is 0 Å². The molecule has 3 heteroatoms. The first-order valence-corrected chi connectivity index (χ1v) is 8.99. The molecule has 1 aliphatic heterocycles. The molecule has 3 rings (SSSR count). The van der Waals surface area contributed by atoms with Crippen molar-refractivity contribution in [3.63, 3.8) is 0 Å². The van der Waals surface area contributed by atoms with Gasteiger partial charge in [-0.1, -0.05) is 60.7 Å². The summed E-state index contributed by atoms with van der Waals surface area (Å²) < 4.78 is 13.1. The topological polar surface area (TPSA) is 6.48 Å². The zero-order chi connectivity index (χ0) is 16.6. The van der Waals surface area contributed by atoms with E-state index < -0.39 is 0 Å². The van der Waals surface area contributed by atoms with Gasteiger partial charge in [0.15, 0.2) is 0 Å². The smallest absolute Gasteiger partial charge is 0.0935 e. The highest BCUT2D eigenvalue weighted by Gasteiger charge is 2.24. The molecule has 0 saturated carbocycles. The first-order chi connectivity index (χ1) is 11.8. The van der Waals surface area contributed by atoms with Crippen molar-refractivity contribution in [2.24, 2.45) is 5.92 Å². The fourth-order valence-corrected chi connectivity index (χ4v) is 3.44. The number of piperidine rings is 1. The summed E-state index contributed by atoms with van der Waals surface area (Å²) in [5.41, 5.74) is 2.67. The summed E-state index contributed by atoms with van der Waals surface area (Å²) in [6.07, 6.45) is 3.13. The molecule has 0 spiro atoms. The Morgan fingerprint density at radius 3 is 2.29 bits per heavy atom. The lowest BCUT2D eigenvalue weighted by atomic mass is 10.0. The van der Waals surface area contributed by atoms with Crippen LogP contribution in [0.25, 0.3) is 0 Å². The molecule has 2 nitrogen and oxygen atoms in total. The molecule has 2 aromatic rings. The molecule has 0 aromatic heterocycles. The molecule has 128 valence electrons. The van der Waals surface area contributed by atoms with Crippen molar-refractivity contribution in [1.29, 1.82) is 0 Å². The molecule has 24 heavy (non-hydrogen) atoms. The van der Waals surface area contributed by atoms with Crippen LogP contribution in [0.2, 0.25) is 0 Å². The van der Waals surface area contributed by atoms with Crippen LogP contribution in [0.3, 0.4) is 0 Å². The predicted molar refractivity (Wildman–Crippen MR) is 97.3 cm³/mol. The van der Waals surface area contributed by atoms with Crippen LogP contribution in [-0.4, -0.2) is 36.3 Å². The Balaban J connectivity index is 1.67. The molecular weight excluding hydrogens is 299 g/mol. The molecule has 1 atom stereocenters. The third kappa shape index (κ3) is 4.89. The molecule has 1 heterocycles. The Morgan fingerprint density at radius 1 is 0.958 bits per heavy atom. The normalized spacial score (nSPS) is 18.8. The Labute approximate surface area is 144 Å². The largest absolute Gasteiger partial charge is 0.251 e. The molecule has 0 N–H and O–H groups in total. The number of hydrazine groups is 1. The average molecular weight is 326 g/mol. The van der Waals surface area contributed by atoms with Crippen molar-refractivity contribution in [1.82, 2.24) is 10.0 Å². The third-order valence-corrected chi connectivity index (χ3v) is 4.83. The first kappa shape index (κ1) is 17.1. The van der Waals surface area contributed by atoms with Crippen molar-refractivity contribution in [2.75, 3.05) is 26.3 Å². The van der Waals surface area contributed by atoms with Gasteiger partial charge in [0.05, 0.1) is 6.67 Å². The second-order valence-corrected chi connectivity index (χ2v) is 6.68. The number of hydrogen-bond acceptors (Lipinski definition) is 2. The predicted octanol–water partition coefficient (Wildman–Crippen LogP) is 4.33. The summed E-state index contributed by atoms with van der Waals surface area (Å²) in [6.45, 7) is 3.55. The van der Waals surface area contributed by atoms with E-state index >= 15 is 0 Å². The number of alkyl halides is 1. The van der Waals surface area contributed by atoms with E-state index in [-0.39, 0.29) is 12.6 Å². The standard InChI is InChI=1S/C21H27FN2/c22-16-21-12-7-14-23(18-21)24(17-20-10-5-2-6-11-20)15-13-19-8-3-1-4-9-19/h1-6,8-11,21H,7,12-18H2. The molecule has 2 aromatic carbocycles. The second-order valence-electron chi connectivity index (χ2n) is 6.68. The number of rotatable bonds is 7. The minimum absolute atomic E-state index is 0.189. The number of halogens is 1. The van der Waals surface area contributed by atoms with Crippen molar-refractivity contribution in [2.45, 2.75) is 25.8 Å². The van der Waals surface area contributed by atoms with Crippen LogP contribution >= 0.6 is 0 Å². The highest BCUT2D eigenvalue weighted by Crippen LogP contribution is 2.20. The van der Waals surface area contributed by atoms with E-state index in [0.29, 0.717) is 0 Å². The SMILES string of the molecule is FCC1CCCN(N(CCc2ccccc2)Cc2ccccc2)C1. The maximum absolute atomic E-state index is 13.1. The van der Waals surface area contributed by atoms with Gasteiger partial charge >= 0.3 is 0 Å². The minimum Gasteiger partial charge on any atom is -0.251 e. The third-order valence-electron chi connectivity index (χ3n) is 4.83.